The summed E-state index contributed by atoms with van der Waals surface area (Å²) in [6.45, 7) is 4.24. The molecule has 3 N–H and O–H groups in total. The molecule has 3 fully saturated rings. The van der Waals surface area contributed by atoms with Crippen molar-refractivity contribution in [2.45, 2.75) is 51.6 Å². The largest absolute Gasteiger partial charge is 0.481 e. The first-order valence-corrected chi connectivity index (χ1v) is 11.7. The quantitative estimate of drug-likeness (QED) is 0.420. The summed E-state index contributed by atoms with van der Waals surface area (Å²) >= 11 is 0. The maximum Gasteiger partial charge on any atom is 0.308 e. The Morgan fingerprint density at radius 1 is 1.18 bits per heavy atom. The van der Waals surface area contributed by atoms with Gasteiger partial charge in [-0.15, -0.1) is 0 Å². The first-order chi connectivity index (χ1) is 16.0. The third-order valence-corrected chi connectivity index (χ3v) is 7.53. The van der Waals surface area contributed by atoms with E-state index in [1.54, 1.807) is 6.20 Å². The number of fused-ring (bicyclic) bond motifs is 5. The van der Waals surface area contributed by atoms with Gasteiger partial charge < -0.3 is 20.0 Å². The van der Waals surface area contributed by atoms with Crippen molar-refractivity contribution in [2.24, 2.45) is 17.8 Å². The smallest absolute Gasteiger partial charge is 0.308 e. The van der Waals surface area contributed by atoms with E-state index in [9.17, 15) is 9.90 Å². The molecule has 0 radical (unpaired) electrons. The SMILES string of the molecule is CC(C)n1ccc2c(NC3C4CCC(CC4)C3C(=O)O)nc(-c3c[nH]c4ncncc34)nc21. The number of rotatable bonds is 5. The molecule has 0 amide bonds. The number of nitrogens with zero attached hydrogens (tertiary/aromatic N) is 5. The van der Waals surface area contributed by atoms with E-state index in [-0.39, 0.29) is 23.9 Å². The van der Waals surface area contributed by atoms with Crippen molar-refractivity contribution < 1.29 is 9.90 Å². The average molecular weight is 446 g/mol. The molecule has 0 aromatic carbocycles. The Morgan fingerprint density at radius 3 is 2.73 bits per heavy atom. The second kappa shape index (κ2) is 7.54. The van der Waals surface area contributed by atoms with Crippen LogP contribution in [-0.4, -0.2) is 46.6 Å². The van der Waals surface area contributed by atoms with E-state index in [2.05, 4.69) is 38.7 Å². The summed E-state index contributed by atoms with van der Waals surface area (Å²) in [5.41, 5.74) is 2.39. The number of carbonyl (C=O) groups is 1. The van der Waals surface area contributed by atoms with Gasteiger partial charge in [-0.1, -0.05) is 0 Å². The molecule has 2 unspecified atom stereocenters. The number of nitrogens with one attached hydrogen (secondary N) is 2. The van der Waals surface area contributed by atoms with Gasteiger partial charge in [0.05, 0.1) is 11.3 Å². The van der Waals surface area contributed by atoms with Crippen molar-refractivity contribution in [1.82, 2.24) is 29.5 Å². The minimum atomic E-state index is -0.707. The predicted octanol–water partition coefficient (Wildman–Crippen LogP) is 4.25. The second-order valence-electron chi connectivity index (χ2n) is 9.65. The molecule has 3 saturated carbocycles. The molecule has 7 rings (SSSR count). The zero-order chi connectivity index (χ0) is 22.7. The van der Waals surface area contributed by atoms with Crippen molar-refractivity contribution >= 4 is 33.9 Å². The highest BCUT2D eigenvalue weighted by Crippen LogP contribution is 2.46. The Balaban J connectivity index is 1.50. The van der Waals surface area contributed by atoms with Gasteiger partial charge >= 0.3 is 5.97 Å². The molecule has 9 heteroatoms. The monoisotopic (exact) mass is 445 g/mol. The molecule has 3 aliphatic rings. The maximum absolute atomic E-state index is 12.2. The molecular formula is C24H27N7O2. The van der Waals surface area contributed by atoms with E-state index in [1.807, 2.05) is 18.5 Å². The highest BCUT2D eigenvalue weighted by atomic mass is 16.4. The van der Waals surface area contributed by atoms with Gasteiger partial charge in [0, 0.05) is 41.6 Å². The molecule has 4 heterocycles. The first kappa shape index (κ1) is 20.1. The standard InChI is InChI=1S/C24H27N7O2/c1-12(2)31-8-7-15-21(28-19-14-5-3-13(4-6-14)18(19)24(32)33)29-22(30-23(15)31)17-10-26-20-16(17)9-25-11-27-20/h7-14,18-19H,3-6H2,1-2H3,(H,32,33)(H,25,26,27)(H,28,29,30). The normalized spacial score (nSPS) is 24.7. The van der Waals surface area contributed by atoms with Crippen LogP contribution in [-0.2, 0) is 4.79 Å². The van der Waals surface area contributed by atoms with Crippen LogP contribution in [0, 0.1) is 17.8 Å². The number of anilines is 1. The van der Waals surface area contributed by atoms with Gasteiger partial charge in [0.2, 0.25) is 0 Å². The fraction of sp³-hybridized carbons (Fsp3) is 0.458. The van der Waals surface area contributed by atoms with Crippen molar-refractivity contribution in [3.63, 3.8) is 0 Å². The Hall–Kier alpha value is -3.49. The fourth-order valence-corrected chi connectivity index (χ4v) is 5.90. The summed E-state index contributed by atoms with van der Waals surface area (Å²) in [6, 6.07) is 2.12. The van der Waals surface area contributed by atoms with Crippen LogP contribution >= 0.6 is 0 Å². The van der Waals surface area contributed by atoms with Gasteiger partial charge in [-0.2, -0.15) is 0 Å². The molecule has 4 aromatic rings. The maximum atomic E-state index is 12.2. The van der Waals surface area contributed by atoms with E-state index < -0.39 is 5.97 Å². The summed E-state index contributed by atoms with van der Waals surface area (Å²) < 4.78 is 2.12. The fourth-order valence-electron chi connectivity index (χ4n) is 5.90. The van der Waals surface area contributed by atoms with Gasteiger partial charge in [0.15, 0.2) is 5.82 Å². The summed E-state index contributed by atoms with van der Waals surface area (Å²) in [5, 5.41) is 15.4. The Bertz CT molecular complexity index is 1350. The lowest BCUT2D eigenvalue weighted by Gasteiger charge is -2.47. The van der Waals surface area contributed by atoms with Crippen molar-refractivity contribution in [1.29, 1.82) is 0 Å². The summed E-state index contributed by atoms with van der Waals surface area (Å²) in [7, 11) is 0. The van der Waals surface area contributed by atoms with Crippen molar-refractivity contribution in [3.8, 4) is 11.4 Å². The molecule has 3 aliphatic carbocycles. The molecule has 9 nitrogen and oxygen atoms in total. The molecule has 4 aromatic heterocycles. The predicted molar refractivity (Wildman–Crippen MR) is 125 cm³/mol. The number of H-pyrrole nitrogens is 1. The zero-order valence-electron chi connectivity index (χ0n) is 18.7. The first-order valence-electron chi connectivity index (χ1n) is 11.7. The third kappa shape index (κ3) is 3.17. The Morgan fingerprint density at radius 2 is 1.97 bits per heavy atom. The van der Waals surface area contributed by atoms with Crippen LogP contribution in [0.1, 0.15) is 45.6 Å². The van der Waals surface area contributed by atoms with E-state index in [1.165, 1.54) is 6.33 Å². The van der Waals surface area contributed by atoms with Gasteiger partial charge in [-0.05, 0) is 57.4 Å². The van der Waals surface area contributed by atoms with E-state index in [0.29, 0.717) is 17.6 Å². The van der Waals surface area contributed by atoms with Gasteiger partial charge in [-0.3, -0.25) is 4.79 Å². The minimum absolute atomic E-state index is 0.130. The lowest BCUT2D eigenvalue weighted by Crippen LogP contribution is -2.51. The number of carboxylic acids is 1. The molecule has 0 saturated heterocycles. The number of aromatic amines is 1. The summed E-state index contributed by atoms with van der Waals surface area (Å²) in [6.07, 6.45) is 11.3. The third-order valence-electron chi connectivity index (χ3n) is 7.53. The van der Waals surface area contributed by atoms with E-state index in [4.69, 9.17) is 9.97 Å². The van der Waals surface area contributed by atoms with Crippen molar-refractivity contribution in [2.75, 3.05) is 5.32 Å². The van der Waals surface area contributed by atoms with Crippen LogP contribution in [0.15, 0.2) is 31.0 Å². The van der Waals surface area contributed by atoms with Crippen LogP contribution in [0.25, 0.3) is 33.5 Å². The molecular weight excluding hydrogens is 418 g/mol. The highest BCUT2D eigenvalue weighted by molar-refractivity contribution is 5.95. The summed E-state index contributed by atoms with van der Waals surface area (Å²) in [4.78, 5) is 33.7. The number of aromatic nitrogens is 6. The van der Waals surface area contributed by atoms with E-state index in [0.717, 1.165) is 53.3 Å². The lowest BCUT2D eigenvalue weighted by atomic mass is 9.61. The van der Waals surface area contributed by atoms with Gasteiger partial charge in [-0.25, -0.2) is 19.9 Å². The zero-order valence-corrected chi connectivity index (χ0v) is 18.7. The molecule has 2 atom stereocenters. The van der Waals surface area contributed by atoms with Crippen LogP contribution in [0.5, 0.6) is 0 Å². The summed E-state index contributed by atoms with van der Waals surface area (Å²) in [5.74, 6) is 0.746. The molecule has 2 bridgehead atoms. The van der Waals surface area contributed by atoms with Crippen LogP contribution < -0.4 is 5.32 Å². The van der Waals surface area contributed by atoms with Gasteiger partial charge in [0.25, 0.3) is 0 Å². The Labute approximate surface area is 190 Å². The van der Waals surface area contributed by atoms with Crippen LogP contribution in [0.4, 0.5) is 5.82 Å². The minimum Gasteiger partial charge on any atom is -0.481 e. The number of hydrogen-bond acceptors (Lipinski definition) is 6. The molecule has 0 aliphatic heterocycles. The van der Waals surface area contributed by atoms with Crippen molar-refractivity contribution in [3.05, 3.63) is 31.0 Å². The molecule has 0 spiro atoms. The van der Waals surface area contributed by atoms with Crippen LogP contribution in [0.3, 0.4) is 0 Å². The number of carboxylic acid groups (broad SMARTS) is 1. The molecule has 33 heavy (non-hydrogen) atoms. The average Bonchev–Trinajstić information content (AvgIpc) is 3.44. The number of hydrogen-bond donors (Lipinski definition) is 3. The highest BCUT2D eigenvalue weighted by Gasteiger charge is 2.47. The second-order valence-corrected chi connectivity index (χ2v) is 9.65. The topological polar surface area (TPSA) is 122 Å². The lowest BCUT2D eigenvalue weighted by molar-refractivity contribution is -0.148. The molecule has 170 valence electrons. The number of aliphatic carboxylic acids is 1. The Kier molecular flexibility index (Phi) is 4.60. The van der Waals surface area contributed by atoms with Gasteiger partial charge in [0.1, 0.15) is 23.4 Å². The van der Waals surface area contributed by atoms with E-state index >= 15 is 0 Å². The van der Waals surface area contributed by atoms with Crippen LogP contribution in [0.2, 0.25) is 0 Å².